The highest BCUT2D eigenvalue weighted by Crippen LogP contribution is 2.29. The number of hydrogen-bond acceptors (Lipinski definition) is 4. The minimum atomic E-state index is -3.60. The highest BCUT2D eigenvalue weighted by atomic mass is 32.2. The van der Waals surface area contributed by atoms with E-state index in [2.05, 4.69) is 10.3 Å². The van der Waals surface area contributed by atoms with Crippen LogP contribution in [0.4, 0.5) is 5.69 Å². The molecule has 0 aliphatic carbocycles. The number of aromatic nitrogens is 1. The molecule has 5 nitrogen and oxygen atoms in total. The summed E-state index contributed by atoms with van der Waals surface area (Å²) in [5, 5.41) is 2.93. The topological polar surface area (TPSA) is 62.3 Å². The summed E-state index contributed by atoms with van der Waals surface area (Å²) in [6.07, 6.45) is 1.49. The SMILES string of the molecule is CNc1cccnc1S(=O)(=O)N(C)C(C)C(C)(C)C. The number of rotatable bonds is 4. The van der Waals surface area contributed by atoms with E-state index in [-0.39, 0.29) is 16.5 Å². The Morgan fingerprint density at radius 3 is 2.42 bits per heavy atom. The van der Waals surface area contributed by atoms with Crippen molar-refractivity contribution in [3.8, 4) is 0 Å². The molecular weight excluding hydrogens is 262 g/mol. The van der Waals surface area contributed by atoms with Gasteiger partial charge in [-0.25, -0.2) is 13.4 Å². The van der Waals surface area contributed by atoms with E-state index in [9.17, 15) is 8.42 Å². The van der Waals surface area contributed by atoms with Crippen LogP contribution in [0.5, 0.6) is 0 Å². The molecule has 0 spiro atoms. The van der Waals surface area contributed by atoms with Crippen molar-refractivity contribution in [3.05, 3.63) is 18.3 Å². The van der Waals surface area contributed by atoms with Crippen LogP contribution in [0.1, 0.15) is 27.7 Å². The normalized spacial score (nSPS) is 14.5. The number of anilines is 1. The van der Waals surface area contributed by atoms with Crippen LogP contribution in [0.15, 0.2) is 23.4 Å². The van der Waals surface area contributed by atoms with Crippen molar-refractivity contribution in [2.75, 3.05) is 19.4 Å². The second-order valence-corrected chi connectivity index (χ2v) is 7.58. The fourth-order valence-electron chi connectivity index (χ4n) is 1.68. The fourth-order valence-corrected chi connectivity index (χ4v) is 3.32. The first-order chi connectivity index (χ1) is 8.62. The van der Waals surface area contributed by atoms with Gasteiger partial charge in [0.15, 0.2) is 5.03 Å². The van der Waals surface area contributed by atoms with Gasteiger partial charge in [0.2, 0.25) is 0 Å². The zero-order valence-corrected chi connectivity index (χ0v) is 13.2. The molecule has 1 atom stereocenters. The lowest BCUT2D eigenvalue weighted by Crippen LogP contribution is -2.43. The summed E-state index contributed by atoms with van der Waals surface area (Å²) in [4.78, 5) is 4.01. The van der Waals surface area contributed by atoms with Crippen molar-refractivity contribution >= 4 is 15.7 Å². The summed E-state index contributed by atoms with van der Waals surface area (Å²) >= 11 is 0. The van der Waals surface area contributed by atoms with Crippen molar-refractivity contribution in [2.45, 2.75) is 38.8 Å². The Morgan fingerprint density at radius 1 is 1.37 bits per heavy atom. The third-order valence-corrected chi connectivity index (χ3v) is 5.35. The van der Waals surface area contributed by atoms with Gasteiger partial charge in [0.1, 0.15) is 0 Å². The van der Waals surface area contributed by atoms with Gasteiger partial charge >= 0.3 is 0 Å². The lowest BCUT2D eigenvalue weighted by molar-refractivity contribution is 0.216. The van der Waals surface area contributed by atoms with Crippen LogP contribution < -0.4 is 5.32 Å². The summed E-state index contributed by atoms with van der Waals surface area (Å²) < 4.78 is 26.6. The molecule has 0 aliphatic rings. The van der Waals surface area contributed by atoms with E-state index in [1.165, 1.54) is 10.5 Å². The van der Waals surface area contributed by atoms with E-state index in [1.54, 1.807) is 26.2 Å². The Bertz CT molecular complexity index is 535. The molecule has 0 saturated carbocycles. The van der Waals surface area contributed by atoms with E-state index in [0.29, 0.717) is 5.69 Å². The lowest BCUT2D eigenvalue weighted by Gasteiger charge is -2.34. The maximum atomic E-state index is 12.6. The summed E-state index contributed by atoms with van der Waals surface area (Å²) in [6.45, 7) is 7.95. The molecule has 0 aromatic carbocycles. The Kier molecular flexibility index (Phi) is 4.58. The maximum absolute atomic E-state index is 12.6. The Morgan fingerprint density at radius 2 is 1.95 bits per heavy atom. The van der Waals surface area contributed by atoms with Crippen LogP contribution in [-0.2, 0) is 10.0 Å². The highest BCUT2D eigenvalue weighted by molar-refractivity contribution is 7.89. The first-order valence-corrected chi connectivity index (χ1v) is 7.67. The lowest BCUT2D eigenvalue weighted by atomic mass is 9.88. The monoisotopic (exact) mass is 285 g/mol. The number of nitrogens with one attached hydrogen (secondary N) is 1. The van der Waals surface area contributed by atoms with E-state index >= 15 is 0 Å². The van der Waals surface area contributed by atoms with E-state index in [4.69, 9.17) is 0 Å². The van der Waals surface area contributed by atoms with Gasteiger partial charge in [-0.15, -0.1) is 0 Å². The molecule has 6 heteroatoms. The van der Waals surface area contributed by atoms with Crippen molar-refractivity contribution < 1.29 is 8.42 Å². The molecule has 0 amide bonds. The van der Waals surface area contributed by atoms with Crippen molar-refractivity contribution in [2.24, 2.45) is 5.41 Å². The molecule has 1 N–H and O–H groups in total. The average molecular weight is 285 g/mol. The molecular formula is C13H23N3O2S. The standard InChI is InChI=1S/C13H23N3O2S/c1-10(13(2,3)4)16(6)19(17,18)12-11(14-5)8-7-9-15-12/h7-10,14H,1-6H3. The van der Waals surface area contributed by atoms with Crippen LogP contribution in [0.25, 0.3) is 0 Å². The third-order valence-electron chi connectivity index (χ3n) is 3.46. The van der Waals surface area contributed by atoms with Crippen molar-refractivity contribution in [1.82, 2.24) is 9.29 Å². The van der Waals surface area contributed by atoms with Crippen LogP contribution in [0.3, 0.4) is 0 Å². The van der Waals surface area contributed by atoms with E-state index in [1.807, 2.05) is 27.7 Å². The molecule has 1 aromatic heterocycles. The number of pyridine rings is 1. The second-order valence-electron chi connectivity index (χ2n) is 5.67. The minimum absolute atomic E-state index is 0.0658. The molecule has 0 aliphatic heterocycles. The van der Waals surface area contributed by atoms with Crippen molar-refractivity contribution in [3.63, 3.8) is 0 Å². The maximum Gasteiger partial charge on any atom is 0.262 e. The smallest absolute Gasteiger partial charge is 0.262 e. The van der Waals surface area contributed by atoms with Gasteiger partial charge in [-0.3, -0.25) is 0 Å². The minimum Gasteiger partial charge on any atom is -0.386 e. The number of hydrogen-bond donors (Lipinski definition) is 1. The number of nitrogens with zero attached hydrogens (tertiary/aromatic N) is 2. The molecule has 0 saturated heterocycles. The molecule has 1 heterocycles. The summed E-state index contributed by atoms with van der Waals surface area (Å²) in [7, 11) is -0.324. The molecule has 1 unspecified atom stereocenters. The molecule has 0 radical (unpaired) electrons. The second kappa shape index (κ2) is 5.46. The van der Waals surface area contributed by atoms with Crippen LogP contribution in [0.2, 0.25) is 0 Å². The fraction of sp³-hybridized carbons (Fsp3) is 0.615. The number of sulfonamides is 1. The van der Waals surface area contributed by atoms with Crippen LogP contribution in [-0.4, -0.2) is 37.8 Å². The Labute approximate surface area is 116 Å². The molecule has 1 rings (SSSR count). The third kappa shape index (κ3) is 3.25. The first-order valence-electron chi connectivity index (χ1n) is 6.23. The van der Waals surface area contributed by atoms with Gasteiger partial charge in [-0.05, 0) is 24.5 Å². The van der Waals surface area contributed by atoms with E-state index in [0.717, 1.165) is 0 Å². The van der Waals surface area contributed by atoms with Gasteiger partial charge in [-0.1, -0.05) is 20.8 Å². The predicted molar refractivity (Wildman–Crippen MR) is 77.6 cm³/mol. The van der Waals surface area contributed by atoms with Crippen LogP contribution >= 0.6 is 0 Å². The molecule has 0 bridgehead atoms. The Balaban J connectivity index is 3.25. The quantitative estimate of drug-likeness (QED) is 0.921. The molecule has 108 valence electrons. The molecule has 19 heavy (non-hydrogen) atoms. The van der Waals surface area contributed by atoms with Gasteiger partial charge < -0.3 is 5.32 Å². The average Bonchev–Trinajstić information content (AvgIpc) is 2.35. The van der Waals surface area contributed by atoms with Crippen LogP contribution in [0, 0.1) is 5.41 Å². The summed E-state index contributed by atoms with van der Waals surface area (Å²) in [5.74, 6) is 0. The zero-order valence-electron chi connectivity index (χ0n) is 12.4. The molecule has 0 fully saturated rings. The highest BCUT2D eigenvalue weighted by Gasteiger charge is 2.34. The van der Waals surface area contributed by atoms with Gasteiger partial charge in [0.05, 0.1) is 5.69 Å². The zero-order chi connectivity index (χ0) is 14.8. The molecule has 1 aromatic rings. The predicted octanol–water partition coefficient (Wildman–Crippen LogP) is 2.18. The van der Waals surface area contributed by atoms with Crippen molar-refractivity contribution in [1.29, 1.82) is 0 Å². The largest absolute Gasteiger partial charge is 0.386 e. The van der Waals surface area contributed by atoms with E-state index < -0.39 is 10.0 Å². The Hall–Kier alpha value is -1.14. The van der Waals surface area contributed by atoms with Gasteiger partial charge in [0, 0.05) is 26.3 Å². The summed E-state index contributed by atoms with van der Waals surface area (Å²) in [6, 6.07) is 3.28. The van der Waals surface area contributed by atoms with Gasteiger partial charge in [-0.2, -0.15) is 4.31 Å². The first kappa shape index (κ1) is 15.9. The van der Waals surface area contributed by atoms with Gasteiger partial charge in [0.25, 0.3) is 10.0 Å². The summed E-state index contributed by atoms with van der Waals surface area (Å²) in [5.41, 5.74) is 0.367.